The molecule has 0 saturated heterocycles. The summed E-state index contributed by atoms with van der Waals surface area (Å²) >= 11 is 0. The zero-order valence-electron chi connectivity index (χ0n) is 9.82. The summed E-state index contributed by atoms with van der Waals surface area (Å²) in [4.78, 5) is 11.6. The summed E-state index contributed by atoms with van der Waals surface area (Å²) in [5.74, 6) is 0. The lowest BCUT2D eigenvalue weighted by atomic mass is 10.2. The zero-order chi connectivity index (χ0) is 14.0. The van der Waals surface area contributed by atoms with E-state index in [1.165, 1.54) is 0 Å². The molecule has 6 heteroatoms. The lowest BCUT2D eigenvalue weighted by molar-refractivity contribution is -0.138. The second kappa shape index (κ2) is 4.89. The maximum atomic E-state index is 12.6. The van der Waals surface area contributed by atoms with Gasteiger partial charge in [-0.25, -0.2) is 0 Å². The molecule has 0 aliphatic carbocycles. The van der Waals surface area contributed by atoms with Gasteiger partial charge >= 0.3 is 6.18 Å². The number of pyridine rings is 1. The summed E-state index contributed by atoms with van der Waals surface area (Å²) in [6.07, 6.45) is -3.69. The Bertz CT molecular complexity index is 630. The number of hydrogen-bond donors (Lipinski definition) is 1. The summed E-state index contributed by atoms with van der Waals surface area (Å²) < 4.78 is 38.8. The van der Waals surface area contributed by atoms with Crippen LogP contribution < -0.4 is 11.3 Å². The van der Waals surface area contributed by atoms with Crippen LogP contribution in [0.5, 0.6) is 0 Å². The minimum atomic E-state index is -4.48. The van der Waals surface area contributed by atoms with Gasteiger partial charge in [0.15, 0.2) is 0 Å². The number of aromatic nitrogens is 1. The van der Waals surface area contributed by atoms with E-state index in [9.17, 15) is 18.0 Å². The Hall–Kier alpha value is -2.08. The van der Waals surface area contributed by atoms with Crippen molar-refractivity contribution in [2.75, 3.05) is 0 Å². The van der Waals surface area contributed by atoms with Crippen LogP contribution in [0.1, 0.15) is 11.1 Å². The van der Waals surface area contributed by atoms with Crippen molar-refractivity contribution in [2.45, 2.75) is 12.7 Å². The SMILES string of the molecule is NCc1ccc(-n2cc(C(F)(F)F)ccc2=O)cc1. The number of halogens is 3. The zero-order valence-corrected chi connectivity index (χ0v) is 9.82. The quantitative estimate of drug-likeness (QED) is 0.908. The molecule has 1 aromatic heterocycles. The Morgan fingerprint density at radius 2 is 1.68 bits per heavy atom. The first-order chi connectivity index (χ1) is 8.91. The Morgan fingerprint density at radius 1 is 1.05 bits per heavy atom. The lowest BCUT2D eigenvalue weighted by Crippen LogP contribution is -2.19. The molecule has 0 amide bonds. The minimum Gasteiger partial charge on any atom is -0.326 e. The highest BCUT2D eigenvalue weighted by atomic mass is 19.4. The molecule has 0 aliphatic heterocycles. The van der Waals surface area contributed by atoms with Gasteiger partial charge in [-0.15, -0.1) is 0 Å². The largest absolute Gasteiger partial charge is 0.417 e. The van der Waals surface area contributed by atoms with Crippen molar-refractivity contribution in [1.29, 1.82) is 0 Å². The third kappa shape index (κ3) is 2.85. The predicted octanol–water partition coefficient (Wildman–Crippen LogP) is 2.32. The van der Waals surface area contributed by atoms with E-state index in [0.29, 0.717) is 12.2 Å². The lowest BCUT2D eigenvalue weighted by Gasteiger charge is -2.11. The molecule has 2 N–H and O–H groups in total. The van der Waals surface area contributed by atoms with Crippen LogP contribution in [-0.4, -0.2) is 4.57 Å². The molecule has 2 aromatic rings. The summed E-state index contributed by atoms with van der Waals surface area (Å²) in [5, 5.41) is 0. The molecular formula is C13H11F3N2O. The van der Waals surface area contributed by atoms with Crippen LogP contribution in [0.4, 0.5) is 13.2 Å². The van der Waals surface area contributed by atoms with Crippen LogP contribution in [0.3, 0.4) is 0 Å². The maximum Gasteiger partial charge on any atom is 0.417 e. The monoisotopic (exact) mass is 268 g/mol. The van der Waals surface area contributed by atoms with Gasteiger partial charge in [0.2, 0.25) is 0 Å². The first-order valence-corrected chi connectivity index (χ1v) is 5.51. The fourth-order valence-electron chi connectivity index (χ4n) is 1.65. The van der Waals surface area contributed by atoms with E-state index >= 15 is 0 Å². The van der Waals surface area contributed by atoms with Crippen molar-refractivity contribution in [3.63, 3.8) is 0 Å². The molecule has 0 unspecified atom stereocenters. The molecule has 1 aromatic carbocycles. The molecule has 0 bridgehead atoms. The van der Waals surface area contributed by atoms with Gasteiger partial charge in [-0.1, -0.05) is 12.1 Å². The molecule has 0 radical (unpaired) electrons. The highest BCUT2D eigenvalue weighted by molar-refractivity contribution is 5.36. The van der Waals surface area contributed by atoms with Gasteiger partial charge in [0, 0.05) is 24.5 Å². The first kappa shape index (κ1) is 13.4. The Labute approximate surface area is 107 Å². The van der Waals surface area contributed by atoms with E-state index < -0.39 is 17.3 Å². The third-order valence-electron chi connectivity index (χ3n) is 2.69. The number of hydrogen-bond acceptors (Lipinski definition) is 2. The summed E-state index contributed by atoms with van der Waals surface area (Å²) in [5.41, 5.74) is 5.25. The number of nitrogens with two attached hydrogens (primary N) is 1. The molecule has 0 fully saturated rings. The highest BCUT2D eigenvalue weighted by Crippen LogP contribution is 2.28. The van der Waals surface area contributed by atoms with Crippen molar-refractivity contribution in [1.82, 2.24) is 4.57 Å². The van der Waals surface area contributed by atoms with E-state index in [0.717, 1.165) is 28.5 Å². The molecule has 19 heavy (non-hydrogen) atoms. The fraction of sp³-hybridized carbons (Fsp3) is 0.154. The summed E-state index contributed by atoms with van der Waals surface area (Å²) in [6.45, 7) is 0.331. The van der Waals surface area contributed by atoms with E-state index in [4.69, 9.17) is 5.73 Å². The van der Waals surface area contributed by atoms with Gasteiger partial charge in [-0.2, -0.15) is 13.2 Å². The van der Waals surface area contributed by atoms with E-state index in [1.54, 1.807) is 24.3 Å². The predicted molar refractivity (Wildman–Crippen MR) is 64.9 cm³/mol. The normalized spacial score (nSPS) is 11.6. The topological polar surface area (TPSA) is 48.0 Å². The van der Waals surface area contributed by atoms with E-state index in [-0.39, 0.29) is 0 Å². The number of nitrogens with zero attached hydrogens (tertiary/aromatic N) is 1. The highest BCUT2D eigenvalue weighted by Gasteiger charge is 2.31. The second-order valence-electron chi connectivity index (χ2n) is 3.99. The molecule has 3 nitrogen and oxygen atoms in total. The van der Waals surface area contributed by atoms with Gasteiger partial charge in [-0.3, -0.25) is 9.36 Å². The van der Waals surface area contributed by atoms with Gasteiger partial charge in [-0.05, 0) is 23.8 Å². The molecule has 0 spiro atoms. The average molecular weight is 268 g/mol. The fourth-order valence-corrected chi connectivity index (χ4v) is 1.65. The van der Waals surface area contributed by atoms with E-state index in [1.807, 2.05) is 0 Å². The van der Waals surface area contributed by atoms with Crippen molar-refractivity contribution in [2.24, 2.45) is 5.73 Å². The van der Waals surface area contributed by atoms with Crippen LogP contribution in [0.2, 0.25) is 0 Å². The van der Waals surface area contributed by atoms with Crippen LogP contribution >= 0.6 is 0 Å². The van der Waals surface area contributed by atoms with Crippen molar-refractivity contribution in [3.05, 3.63) is 64.1 Å². The minimum absolute atomic E-state index is 0.331. The Morgan fingerprint density at radius 3 is 2.21 bits per heavy atom. The molecule has 1 heterocycles. The molecule has 100 valence electrons. The van der Waals surface area contributed by atoms with Crippen LogP contribution in [0.15, 0.2) is 47.4 Å². The standard InChI is InChI=1S/C13H11F3N2O/c14-13(15,16)10-3-6-12(19)18(8-10)11-4-1-9(7-17)2-5-11/h1-6,8H,7,17H2. The molecule has 0 atom stereocenters. The van der Waals surface area contributed by atoms with Crippen LogP contribution in [0, 0.1) is 0 Å². The first-order valence-electron chi connectivity index (χ1n) is 5.51. The van der Waals surface area contributed by atoms with Gasteiger partial charge in [0.05, 0.1) is 5.56 Å². The average Bonchev–Trinajstić information content (AvgIpc) is 2.38. The van der Waals surface area contributed by atoms with Crippen molar-refractivity contribution in [3.8, 4) is 5.69 Å². The Balaban J connectivity index is 2.51. The maximum absolute atomic E-state index is 12.6. The Kier molecular flexibility index (Phi) is 3.44. The second-order valence-corrected chi connectivity index (χ2v) is 3.99. The third-order valence-corrected chi connectivity index (χ3v) is 2.69. The molecular weight excluding hydrogens is 257 g/mol. The van der Waals surface area contributed by atoms with E-state index in [2.05, 4.69) is 0 Å². The smallest absolute Gasteiger partial charge is 0.326 e. The van der Waals surface area contributed by atoms with Crippen molar-refractivity contribution < 1.29 is 13.2 Å². The number of alkyl halides is 3. The van der Waals surface area contributed by atoms with Gasteiger partial charge in [0.25, 0.3) is 5.56 Å². The molecule has 0 saturated carbocycles. The molecule has 2 rings (SSSR count). The van der Waals surface area contributed by atoms with Crippen LogP contribution in [0.25, 0.3) is 5.69 Å². The number of rotatable bonds is 2. The van der Waals surface area contributed by atoms with Gasteiger partial charge < -0.3 is 5.73 Å². The van der Waals surface area contributed by atoms with Crippen molar-refractivity contribution >= 4 is 0 Å². The van der Waals surface area contributed by atoms with Crippen LogP contribution in [-0.2, 0) is 12.7 Å². The summed E-state index contributed by atoms with van der Waals surface area (Å²) in [7, 11) is 0. The number of benzene rings is 1. The van der Waals surface area contributed by atoms with Gasteiger partial charge in [0.1, 0.15) is 0 Å². The summed E-state index contributed by atoms with van der Waals surface area (Å²) in [6, 6.07) is 8.13. The molecule has 0 aliphatic rings.